The highest BCUT2D eigenvalue weighted by atomic mass is 19.1. The van der Waals surface area contributed by atoms with Crippen LogP contribution in [0.1, 0.15) is 30.4 Å². The Labute approximate surface area is 122 Å². The number of nitrogens with two attached hydrogens (primary N) is 1. The number of ketones is 1. The molecule has 0 radical (unpaired) electrons. The van der Waals surface area contributed by atoms with Gasteiger partial charge in [0.15, 0.2) is 0 Å². The zero-order chi connectivity index (χ0) is 15.4. The molecule has 0 saturated carbocycles. The van der Waals surface area contributed by atoms with Crippen molar-refractivity contribution in [1.29, 1.82) is 0 Å². The molecule has 110 valence electrons. The van der Waals surface area contributed by atoms with Crippen LogP contribution in [0.25, 0.3) is 0 Å². The van der Waals surface area contributed by atoms with E-state index >= 15 is 0 Å². The Morgan fingerprint density at radius 1 is 1.14 bits per heavy atom. The van der Waals surface area contributed by atoms with Crippen LogP contribution < -0.4 is 5.73 Å². The van der Waals surface area contributed by atoms with Gasteiger partial charge in [0.2, 0.25) is 0 Å². The number of anilines is 1. The normalized spacial score (nSPS) is 12.1. The summed E-state index contributed by atoms with van der Waals surface area (Å²) in [6, 6.07) is 10.6. The van der Waals surface area contributed by atoms with Crippen LogP contribution in [0.2, 0.25) is 0 Å². The zero-order valence-corrected chi connectivity index (χ0v) is 11.8. The van der Waals surface area contributed by atoms with Crippen molar-refractivity contribution in [3.8, 4) is 0 Å². The first-order chi connectivity index (χ1) is 9.95. The van der Waals surface area contributed by atoms with E-state index in [-0.39, 0.29) is 23.7 Å². The summed E-state index contributed by atoms with van der Waals surface area (Å²) in [6.45, 7) is 1.93. The summed E-state index contributed by atoms with van der Waals surface area (Å²) in [5, 5.41) is 0. The van der Waals surface area contributed by atoms with E-state index in [1.807, 2.05) is 19.1 Å². The molecule has 4 heteroatoms. The van der Waals surface area contributed by atoms with Crippen molar-refractivity contribution in [2.75, 3.05) is 5.73 Å². The number of nitrogen functional groups attached to an aromatic ring is 1. The number of benzene rings is 2. The predicted octanol–water partition coefficient (Wildman–Crippen LogP) is 3.85. The van der Waals surface area contributed by atoms with E-state index in [1.54, 1.807) is 12.1 Å². The van der Waals surface area contributed by atoms with E-state index in [2.05, 4.69) is 0 Å². The zero-order valence-electron chi connectivity index (χ0n) is 11.8. The fourth-order valence-corrected chi connectivity index (χ4v) is 2.23. The summed E-state index contributed by atoms with van der Waals surface area (Å²) >= 11 is 0. The number of Topliss-reactive ketones (excluding diaryl/α,β-unsaturated/α-hetero) is 1. The molecule has 0 aliphatic rings. The van der Waals surface area contributed by atoms with Gasteiger partial charge in [0.25, 0.3) is 0 Å². The molecular weight excluding hydrogens is 272 g/mol. The highest BCUT2D eigenvalue weighted by Gasteiger charge is 2.14. The van der Waals surface area contributed by atoms with Gasteiger partial charge in [-0.15, -0.1) is 0 Å². The first kappa shape index (κ1) is 15.2. The van der Waals surface area contributed by atoms with Crippen molar-refractivity contribution < 1.29 is 13.6 Å². The molecule has 0 saturated heterocycles. The molecule has 2 aromatic carbocycles. The second kappa shape index (κ2) is 6.48. The summed E-state index contributed by atoms with van der Waals surface area (Å²) in [7, 11) is 0. The Balaban J connectivity index is 1.99. The average Bonchev–Trinajstić information content (AvgIpc) is 2.42. The first-order valence-corrected chi connectivity index (χ1v) is 6.77. The standard InChI is InChI=1S/C17H17F2NO/c1-11(12-3-6-15(20)7-4-12)8-16(21)9-13-2-5-14(18)10-17(13)19/h2-7,10-11H,8-9,20H2,1H3. The fourth-order valence-electron chi connectivity index (χ4n) is 2.23. The molecule has 21 heavy (non-hydrogen) atoms. The van der Waals surface area contributed by atoms with Crippen LogP contribution in [-0.2, 0) is 11.2 Å². The highest BCUT2D eigenvalue weighted by molar-refractivity contribution is 5.81. The Morgan fingerprint density at radius 2 is 1.81 bits per heavy atom. The highest BCUT2D eigenvalue weighted by Crippen LogP contribution is 2.21. The van der Waals surface area contributed by atoms with Crippen molar-refractivity contribution in [1.82, 2.24) is 0 Å². The van der Waals surface area contributed by atoms with E-state index in [1.165, 1.54) is 6.07 Å². The molecule has 1 atom stereocenters. The number of hydrogen-bond donors (Lipinski definition) is 1. The number of hydrogen-bond acceptors (Lipinski definition) is 2. The third-order valence-electron chi connectivity index (χ3n) is 3.44. The Morgan fingerprint density at radius 3 is 2.43 bits per heavy atom. The Bertz CT molecular complexity index is 638. The molecular formula is C17H17F2NO. The second-order valence-corrected chi connectivity index (χ2v) is 5.22. The van der Waals surface area contributed by atoms with Crippen LogP contribution in [0, 0.1) is 11.6 Å². The minimum Gasteiger partial charge on any atom is -0.399 e. The van der Waals surface area contributed by atoms with Gasteiger partial charge in [-0.2, -0.15) is 0 Å². The number of carbonyl (C=O) groups excluding carboxylic acids is 1. The average molecular weight is 289 g/mol. The molecule has 1 unspecified atom stereocenters. The molecule has 2 rings (SSSR count). The first-order valence-electron chi connectivity index (χ1n) is 6.77. The van der Waals surface area contributed by atoms with Crippen LogP contribution in [0.3, 0.4) is 0 Å². The van der Waals surface area contributed by atoms with Crippen LogP contribution in [0.4, 0.5) is 14.5 Å². The smallest absolute Gasteiger partial charge is 0.137 e. The van der Waals surface area contributed by atoms with Crippen molar-refractivity contribution >= 4 is 11.5 Å². The van der Waals surface area contributed by atoms with E-state index in [9.17, 15) is 13.6 Å². The minimum atomic E-state index is -0.677. The maximum atomic E-state index is 13.5. The third kappa shape index (κ3) is 4.12. The third-order valence-corrected chi connectivity index (χ3v) is 3.44. The molecule has 0 fully saturated rings. The summed E-state index contributed by atoms with van der Waals surface area (Å²) in [5.74, 6) is -1.37. The van der Waals surface area contributed by atoms with Crippen LogP contribution >= 0.6 is 0 Å². The summed E-state index contributed by atoms with van der Waals surface area (Å²) in [4.78, 5) is 12.0. The predicted molar refractivity (Wildman–Crippen MR) is 79.0 cm³/mol. The van der Waals surface area contributed by atoms with Gasteiger partial charge in [-0.25, -0.2) is 8.78 Å². The van der Waals surface area contributed by atoms with Gasteiger partial charge in [0.05, 0.1) is 0 Å². The van der Waals surface area contributed by atoms with Gasteiger partial charge in [0, 0.05) is 24.6 Å². The molecule has 0 aliphatic heterocycles. The lowest BCUT2D eigenvalue weighted by molar-refractivity contribution is -0.118. The minimum absolute atomic E-state index is 0.0224. The van der Waals surface area contributed by atoms with E-state index in [4.69, 9.17) is 5.73 Å². The molecule has 0 spiro atoms. The van der Waals surface area contributed by atoms with E-state index in [0.29, 0.717) is 12.1 Å². The summed E-state index contributed by atoms with van der Waals surface area (Å²) < 4.78 is 26.3. The van der Waals surface area contributed by atoms with Gasteiger partial charge in [-0.3, -0.25) is 4.79 Å². The van der Waals surface area contributed by atoms with Crippen molar-refractivity contribution in [3.63, 3.8) is 0 Å². The van der Waals surface area contributed by atoms with E-state index in [0.717, 1.165) is 17.7 Å². The van der Waals surface area contributed by atoms with Gasteiger partial charge in [-0.1, -0.05) is 25.1 Å². The SMILES string of the molecule is CC(CC(=O)Cc1ccc(F)cc1F)c1ccc(N)cc1. The lowest BCUT2D eigenvalue weighted by Gasteiger charge is -2.11. The summed E-state index contributed by atoms with van der Waals surface area (Å²) in [5.41, 5.74) is 7.53. The quantitative estimate of drug-likeness (QED) is 0.849. The van der Waals surface area contributed by atoms with Crippen LogP contribution in [-0.4, -0.2) is 5.78 Å². The van der Waals surface area contributed by atoms with Gasteiger partial charge < -0.3 is 5.73 Å². The van der Waals surface area contributed by atoms with Gasteiger partial charge >= 0.3 is 0 Å². The molecule has 0 bridgehead atoms. The second-order valence-electron chi connectivity index (χ2n) is 5.22. The van der Waals surface area contributed by atoms with Crippen LogP contribution in [0.15, 0.2) is 42.5 Å². The molecule has 2 aromatic rings. The van der Waals surface area contributed by atoms with Crippen molar-refractivity contribution in [3.05, 3.63) is 65.2 Å². The fraction of sp³-hybridized carbons (Fsp3) is 0.235. The number of carbonyl (C=O) groups is 1. The molecule has 2 nitrogen and oxygen atoms in total. The van der Waals surface area contributed by atoms with E-state index < -0.39 is 11.6 Å². The Kier molecular flexibility index (Phi) is 4.68. The lowest BCUT2D eigenvalue weighted by atomic mass is 9.93. The molecule has 0 aromatic heterocycles. The van der Waals surface area contributed by atoms with Gasteiger partial charge in [0.1, 0.15) is 17.4 Å². The maximum Gasteiger partial charge on any atom is 0.137 e. The monoisotopic (exact) mass is 289 g/mol. The molecule has 2 N–H and O–H groups in total. The Hall–Kier alpha value is -2.23. The van der Waals surface area contributed by atoms with Crippen molar-refractivity contribution in [2.24, 2.45) is 0 Å². The summed E-state index contributed by atoms with van der Waals surface area (Å²) in [6.07, 6.45) is 0.284. The number of rotatable bonds is 5. The lowest BCUT2D eigenvalue weighted by Crippen LogP contribution is -2.09. The molecule has 0 heterocycles. The maximum absolute atomic E-state index is 13.5. The van der Waals surface area contributed by atoms with Crippen LogP contribution in [0.5, 0.6) is 0 Å². The van der Waals surface area contributed by atoms with Gasteiger partial charge in [-0.05, 0) is 35.2 Å². The van der Waals surface area contributed by atoms with Crippen molar-refractivity contribution in [2.45, 2.75) is 25.7 Å². The largest absolute Gasteiger partial charge is 0.399 e. The molecule has 0 aliphatic carbocycles. The topological polar surface area (TPSA) is 43.1 Å². The number of halogens is 2. The molecule has 0 amide bonds.